The van der Waals surface area contributed by atoms with Crippen molar-refractivity contribution in [2.45, 2.75) is 26.3 Å². The van der Waals surface area contributed by atoms with Crippen LogP contribution >= 0.6 is 0 Å². The van der Waals surface area contributed by atoms with Crippen LogP contribution in [0.1, 0.15) is 30.8 Å². The number of rotatable bonds is 6. The first-order valence-corrected chi connectivity index (χ1v) is 7.37. The summed E-state index contributed by atoms with van der Waals surface area (Å²) in [6.07, 6.45) is -0.226. The van der Waals surface area contributed by atoms with Crippen LogP contribution in [0, 0.1) is 5.92 Å². The first-order valence-electron chi connectivity index (χ1n) is 7.37. The predicted molar refractivity (Wildman–Crippen MR) is 86.7 cm³/mol. The summed E-state index contributed by atoms with van der Waals surface area (Å²) < 4.78 is 0. The summed E-state index contributed by atoms with van der Waals surface area (Å²) in [5, 5.41) is 3.47. The number of nitrogens with one attached hydrogen (secondary N) is 1. The van der Waals surface area contributed by atoms with Crippen molar-refractivity contribution in [1.29, 1.82) is 0 Å². The molecule has 1 aromatic carbocycles. The Morgan fingerprint density at radius 3 is 2.48 bits per heavy atom. The van der Waals surface area contributed by atoms with E-state index in [2.05, 4.69) is 10.3 Å². The Kier molecular flexibility index (Phi) is 5.05. The molecule has 0 spiro atoms. The minimum Gasteiger partial charge on any atom is -0.370 e. The fraction of sp³-hybridized carbons (Fsp3) is 0.294. The summed E-state index contributed by atoms with van der Waals surface area (Å²) in [6.45, 7) is 3.41. The number of nitrogens with zero attached hydrogens (tertiary/aromatic N) is 1. The summed E-state index contributed by atoms with van der Waals surface area (Å²) in [5.41, 5.74) is 6.03. The van der Waals surface area contributed by atoms with Gasteiger partial charge in [-0.1, -0.05) is 38.1 Å². The highest BCUT2D eigenvalue weighted by Gasteiger charge is 2.25. The Morgan fingerprint density at radius 2 is 1.83 bits per heavy atom. The SMILES string of the molecule is CC(C)C(=O)[C@H](CC(N)=O)NC(=O)c1ccc2ccccc2n1. The molecule has 0 unspecified atom stereocenters. The van der Waals surface area contributed by atoms with Gasteiger partial charge in [0, 0.05) is 11.3 Å². The molecule has 120 valence electrons. The molecule has 0 fully saturated rings. The smallest absolute Gasteiger partial charge is 0.270 e. The quantitative estimate of drug-likeness (QED) is 0.842. The van der Waals surface area contributed by atoms with E-state index in [-0.39, 0.29) is 23.8 Å². The maximum absolute atomic E-state index is 12.3. The van der Waals surface area contributed by atoms with Crippen molar-refractivity contribution in [3.8, 4) is 0 Å². The zero-order chi connectivity index (χ0) is 17.0. The number of nitrogens with two attached hydrogens (primary N) is 1. The molecule has 6 nitrogen and oxygen atoms in total. The first-order chi connectivity index (χ1) is 10.9. The van der Waals surface area contributed by atoms with E-state index in [1.54, 1.807) is 32.0 Å². The van der Waals surface area contributed by atoms with Gasteiger partial charge in [-0.2, -0.15) is 0 Å². The lowest BCUT2D eigenvalue weighted by Gasteiger charge is -2.18. The molecule has 0 saturated carbocycles. The summed E-state index contributed by atoms with van der Waals surface area (Å²) >= 11 is 0. The van der Waals surface area contributed by atoms with Gasteiger partial charge in [0.25, 0.3) is 5.91 Å². The molecule has 0 aliphatic heterocycles. The molecule has 2 amide bonds. The first kappa shape index (κ1) is 16.6. The topological polar surface area (TPSA) is 102 Å². The van der Waals surface area contributed by atoms with Gasteiger partial charge in [0.2, 0.25) is 5.91 Å². The standard InChI is InChI=1S/C17H19N3O3/c1-10(2)16(22)14(9-15(18)21)20-17(23)13-8-7-11-5-3-4-6-12(11)19-13/h3-8,10,14H,9H2,1-2H3,(H2,18,21)(H,20,23)/t14-/m0/s1. The van der Waals surface area contributed by atoms with E-state index in [1.807, 2.05) is 18.2 Å². The molecule has 1 atom stereocenters. The van der Waals surface area contributed by atoms with Gasteiger partial charge < -0.3 is 11.1 Å². The van der Waals surface area contributed by atoms with Gasteiger partial charge in [-0.3, -0.25) is 14.4 Å². The molecule has 1 aromatic heterocycles. The normalized spacial score (nSPS) is 12.1. The molecule has 1 heterocycles. The van der Waals surface area contributed by atoms with Gasteiger partial charge in [-0.05, 0) is 12.1 Å². The fourth-order valence-corrected chi connectivity index (χ4v) is 2.25. The maximum atomic E-state index is 12.3. The average molecular weight is 313 g/mol. The molecule has 2 rings (SSSR count). The van der Waals surface area contributed by atoms with Crippen molar-refractivity contribution >= 4 is 28.5 Å². The zero-order valence-corrected chi connectivity index (χ0v) is 13.1. The van der Waals surface area contributed by atoms with Crippen molar-refractivity contribution in [2.75, 3.05) is 0 Å². The summed E-state index contributed by atoms with van der Waals surface area (Å²) in [5.74, 6) is -1.70. The van der Waals surface area contributed by atoms with Gasteiger partial charge in [0.15, 0.2) is 5.78 Å². The van der Waals surface area contributed by atoms with Gasteiger partial charge in [-0.25, -0.2) is 4.98 Å². The number of ketones is 1. The molecular weight excluding hydrogens is 294 g/mol. The molecule has 0 saturated heterocycles. The van der Waals surface area contributed by atoms with Crippen molar-refractivity contribution in [1.82, 2.24) is 10.3 Å². The van der Waals surface area contributed by atoms with E-state index in [4.69, 9.17) is 5.73 Å². The number of carbonyl (C=O) groups is 3. The Hall–Kier alpha value is -2.76. The Balaban J connectivity index is 2.22. The van der Waals surface area contributed by atoms with Crippen LogP contribution in [0.4, 0.5) is 0 Å². The van der Waals surface area contributed by atoms with Gasteiger partial charge in [-0.15, -0.1) is 0 Å². The van der Waals surface area contributed by atoms with Gasteiger partial charge in [0.05, 0.1) is 18.0 Å². The highest BCUT2D eigenvalue weighted by molar-refractivity contribution is 5.99. The molecule has 0 bridgehead atoms. The van der Waals surface area contributed by atoms with Crippen LogP contribution in [-0.4, -0.2) is 28.6 Å². The number of benzene rings is 1. The zero-order valence-electron chi connectivity index (χ0n) is 13.1. The van der Waals surface area contributed by atoms with Crippen LogP contribution in [-0.2, 0) is 9.59 Å². The molecular formula is C17H19N3O3. The number of aromatic nitrogens is 1. The number of pyridine rings is 1. The van der Waals surface area contributed by atoms with E-state index >= 15 is 0 Å². The van der Waals surface area contributed by atoms with Crippen LogP contribution in [0.5, 0.6) is 0 Å². The lowest BCUT2D eigenvalue weighted by molar-refractivity contribution is -0.127. The fourth-order valence-electron chi connectivity index (χ4n) is 2.25. The molecule has 3 N–H and O–H groups in total. The van der Waals surface area contributed by atoms with Crippen molar-refractivity contribution in [2.24, 2.45) is 11.7 Å². The molecule has 6 heteroatoms. The number of hydrogen-bond acceptors (Lipinski definition) is 4. The Labute approximate surface area is 134 Å². The summed E-state index contributed by atoms with van der Waals surface area (Å²) in [4.78, 5) is 39.8. The number of primary amides is 1. The monoisotopic (exact) mass is 313 g/mol. The van der Waals surface area contributed by atoms with E-state index in [9.17, 15) is 14.4 Å². The third kappa shape index (κ3) is 4.12. The highest BCUT2D eigenvalue weighted by atomic mass is 16.2. The van der Waals surface area contributed by atoms with Crippen LogP contribution < -0.4 is 11.1 Å². The summed E-state index contributed by atoms with van der Waals surface area (Å²) in [6, 6.07) is 9.83. The Bertz CT molecular complexity index is 756. The Morgan fingerprint density at radius 1 is 1.13 bits per heavy atom. The second-order valence-corrected chi connectivity index (χ2v) is 5.64. The second kappa shape index (κ2) is 7.00. The lowest BCUT2D eigenvalue weighted by Crippen LogP contribution is -2.45. The number of carbonyl (C=O) groups excluding carboxylic acids is 3. The van der Waals surface area contributed by atoms with Crippen molar-refractivity contribution in [3.05, 3.63) is 42.1 Å². The molecule has 2 aromatic rings. The van der Waals surface area contributed by atoms with E-state index in [0.29, 0.717) is 5.52 Å². The average Bonchev–Trinajstić information content (AvgIpc) is 2.52. The van der Waals surface area contributed by atoms with Crippen LogP contribution in [0.15, 0.2) is 36.4 Å². The maximum Gasteiger partial charge on any atom is 0.270 e. The third-order valence-electron chi connectivity index (χ3n) is 3.45. The van der Waals surface area contributed by atoms with E-state index in [1.165, 1.54) is 0 Å². The van der Waals surface area contributed by atoms with Crippen molar-refractivity contribution in [3.63, 3.8) is 0 Å². The number of hydrogen-bond donors (Lipinski definition) is 2. The lowest BCUT2D eigenvalue weighted by atomic mass is 9.99. The third-order valence-corrected chi connectivity index (χ3v) is 3.45. The van der Waals surface area contributed by atoms with Crippen LogP contribution in [0.2, 0.25) is 0 Å². The molecule has 0 aliphatic carbocycles. The van der Waals surface area contributed by atoms with E-state index < -0.39 is 17.9 Å². The van der Waals surface area contributed by atoms with Crippen LogP contribution in [0.3, 0.4) is 0 Å². The van der Waals surface area contributed by atoms with Gasteiger partial charge in [0.1, 0.15) is 5.69 Å². The number of para-hydroxylation sites is 1. The molecule has 23 heavy (non-hydrogen) atoms. The minimum absolute atomic E-state index is 0.190. The molecule has 0 radical (unpaired) electrons. The van der Waals surface area contributed by atoms with Gasteiger partial charge >= 0.3 is 0 Å². The van der Waals surface area contributed by atoms with E-state index in [0.717, 1.165) is 5.39 Å². The number of amides is 2. The van der Waals surface area contributed by atoms with Crippen LogP contribution in [0.25, 0.3) is 10.9 Å². The molecule has 0 aliphatic rings. The number of Topliss-reactive ketones (excluding diaryl/α,β-unsaturated/α-hetero) is 1. The number of fused-ring (bicyclic) bond motifs is 1. The highest BCUT2D eigenvalue weighted by Crippen LogP contribution is 2.12. The largest absolute Gasteiger partial charge is 0.370 e. The minimum atomic E-state index is -0.937. The summed E-state index contributed by atoms with van der Waals surface area (Å²) in [7, 11) is 0. The van der Waals surface area contributed by atoms with Crippen molar-refractivity contribution < 1.29 is 14.4 Å². The second-order valence-electron chi connectivity index (χ2n) is 5.64. The predicted octanol–water partition coefficient (Wildman–Crippen LogP) is 1.43.